The van der Waals surface area contributed by atoms with Crippen molar-refractivity contribution in [1.82, 2.24) is 14.9 Å². The Morgan fingerprint density at radius 1 is 1.50 bits per heavy atom. The summed E-state index contributed by atoms with van der Waals surface area (Å²) in [7, 11) is 0. The van der Waals surface area contributed by atoms with E-state index in [-0.39, 0.29) is 6.42 Å². The molecule has 1 aliphatic rings. The summed E-state index contributed by atoms with van der Waals surface area (Å²) in [6.45, 7) is 6.98. The molecule has 1 aliphatic heterocycles. The number of fused-ring (bicyclic) bond motifs is 1. The molecule has 0 aromatic carbocycles. The first kappa shape index (κ1) is 14.4. The van der Waals surface area contributed by atoms with Crippen molar-refractivity contribution in [3.8, 4) is 0 Å². The molecule has 2 N–H and O–H groups in total. The monoisotopic (exact) mass is 281 g/mol. The van der Waals surface area contributed by atoms with E-state index in [4.69, 9.17) is 4.74 Å². The fourth-order valence-electron chi connectivity index (χ4n) is 2.35. The van der Waals surface area contributed by atoms with Crippen molar-refractivity contribution < 1.29 is 19.4 Å². The van der Waals surface area contributed by atoms with Gasteiger partial charge in [0.2, 0.25) is 0 Å². The average molecular weight is 281 g/mol. The zero-order valence-corrected chi connectivity index (χ0v) is 12.0. The van der Waals surface area contributed by atoms with Crippen LogP contribution in [0, 0.1) is 0 Å². The minimum atomic E-state index is -1.05. The van der Waals surface area contributed by atoms with Gasteiger partial charge in [-0.1, -0.05) is 0 Å². The van der Waals surface area contributed by atoms with Gasteiger partial charge in [0, 0.05) is 12.1 Å². The van der Waals surface area contributed by atoms with Crippen molar-refractivity contribution in [3.05, 3.63) is 17.7 Å². The molecule has 0 fully saturated rings. The van der Waals surface area contributed by atoms with Crippen molar-refractivity contribution >= 4 is 12.1 Å². The highest BCUT2D eigenvalue weighted by atomic mass is 16.6. The summed E-state index contributed by atoms with van der Waals surface area (Å²) in [6, 6.07) is -1.39. The molecule has 0 saturated carbocycles. The number of aromatic nitrogens is 2. The highest BCUT2D eigenvalue weighted by Gasteiger charge is 2.42. The Balaban J connectivity index is 2.33. The van der Waals surface area contributed by atoms with E-state index < -0.39 is 29.7 Å². The number of amides is 1. The number of hydrogen-bond acceptors (Lipinski definition) is 4. The van der Waals surface area contributed by atoms with Crippen LogP contribution >= 0.6 is 0 Å². The molecule has 2 atom stereocenters. The van der Waals surface area contributed by atoms with E-state index in [1.807, 2.05) is 0 Å². The second-order valence-electron chi connectivity index (χ2n) is 5.89. The van der Waals surface area contributed by atoms with Gasteiger partial charge >= 0.3 is 12.1 Å². The Labute approximate surface area is 116 Å². The van der Waals surface area contributed by atoms with E-state index in [0.717, 1.165) is 5.69 Å². The van der Waals surface area contributed by atoms with Crippen molar-refractivity contribution in [2.75, 3.05) is 0 Å². The Bertz CT molecular complexity index is 532. The van der Waals surface area contributed by atoms with Crippen molar-refractivity contribution in [2.45, 2.75) is 51.8 Å². The molecule has 20 heavy (non-hydrogen) atoms. The van der Waals surface area contributed by atoms with Crippen molar-refractivity contribution in [1.29, 1.82) is 0 Å². The number of nitrogens with one attached hydrogen (secondary N) is 1. The first-order valence-corrected chi connectivity index (χ1v) is 6.47. The lowest BCUT2D eigenvalue weighted by atomic mass is 9.97. The van der Waals surface area contributed by atoms with Crippen LogP contribution in [0.5, 0.6) is 0 Å². The van der Waals surface area contributed by atoms with Crippen molar-refractivity contribution in [3.63, 3.8) is 0 Å². The quantitative estimate of drug-likeness (QED) is 0.817. The zero-order chi connectivity index (χ0) is 15.1. The normalized spacial score (nSPS) is 22.3. The van der Waals surface area contributed by atoms with Gasteiger partial charge in [-0.3, -0.25) is 4.90 Å². The van der Waals surface area contributed by atoms with Crippen LogP contribution in [0.2, 0.25) is 0 Å². The number of rotatable bonds is 1. The summed E-state index contributed by atoms with van der Waals surface area (Å²) in [4.78, 5) is 32.0. The van der Waals surface area contributed by atoms with Crippen LogP contribution in [0.1, 0.15) is 45.1 Å². The molecule has 1 aromatic heterocycles. The van der Waals surface area contributed by atoms with Gasteiger partial charge < -0.3 is 14.8 Å². The van der Waals surface area contributed by atoms with E-state index in [1.54, 1.807) is 27.7 Å². The van der Waals surface area contributed by atoms with Crippen LogP contribution < -0.4 is 0 Å². The van der Waals surface area contributed by atoms with Crippen LogP contribution in [-0.2, 0) is 16.0 Å². The van der Waals surface area contributed by atoms with Crippen LogP contribution in [0.15, 0.2) is 6.33 Å². The number of ether oxygens (including phenoxy) is 1. The maximum Gasteiger partial charge on any atom is 0.411 e. The third kappa shape index (κ3) is 2.61. The number of aromatic amines is 1. The highest BCUT2D eigenvalue weighted by Crippen LogP contribution is 2.32. The number of H-pyrrole nitrogens is 1. The van der Waals surface area contributed by atoms with E-state index in [9.17, 15) is 14.7 Å². The Morgan fingerprint density at radius 2 is 2.15 bits per heavy atom. The Hall–Kier alpha value is -2.05. The topological polar surface area (TPSA) is 95.5 Å². The minimum Gasteiger partial charge on any atom is -0.480 e. The van der Waals surface area contributed by atoms with Crippen LogP contribution in [-0.4, -0.2) is 43.7 Å². The molecule has 7 heteroatoms. The van der Waals surface area contributed by atoms with E-state index in [0.29, 0.717) is 5.69 Å². The van der Waals surface area contributed by atoms with Crippen molar-refractivity contribution in [2.24, 2.45) is 0 Å². The number of carboxylic acids is 1. The molecule has 2 rings (SSSR count). The maximum atomic E-state index is 12.3. The number of carboxylic acid groups (broad SMARTS) is 1. The summed E-state index contributed by atoms with van der Waals surface area (Å²) in [6.07, 6.45) is 1.08. The average Bonchev–Trinajstić information content (AvgIpc) is 2.74. The van der Waals surface area contributed by atoms with Gasteiger partial charge in [0.1, 0.15) is 11.6 Å². The van der Waals surface area contributed by atoms with Crippen LogP contribution in [0.3, 0.4) is 0 Å². The number of carbonyl (C=O) groups excluding carboxylic acids is 1. The molecular weight excluding hydrogens is 262 g/mol. The lowest BCUT2D eigenvalue weighted by Gasteiger charge is -2.38. The largest absolute Gasteiger partial charge is 0.480 e. The maximum absolute atomic E-state index is 12.3. The van der Waals surface area contributed by atoms with E-state index >= 15 is 0 Å². The summed E-state index contributed by atoms with van der Waals surface area (Å²) in [5.74, 6) is -1.05. The molecular formula is C13H19N3O4. The first-order chi connectivity index (χ1) is 9.20. The molecule has 0 spiro atoms. The first-order valence-electron chi connectivity index (χ1n) is 6.47. The molecule has 1 amide bonds. The second kappa shape index (κ2) is 4.81. The molecule has 0 unspecified atom stereocenters. The fraction of sp³-hybridized carbons (Fsp3) is 0.615. The lowest BCUT2D eigenvalue weighted by Crippen LogP contribution is -2.52. The summed E-state index contributed by atoms with van der Waals surface area (Å²) >= 11 is 0. The molecule has 1 aromatic rings. The fourth-order valence-corrected chi connectivity index (χ4v) is 2.35. The number of carbonyl (C=O) groups is 2. The third-order valence-electron chi connectivity index (χ3n) is 3.19. The molecule has 7 nitrogen and oxygen atoms in total. The smallest absolute Gasteiger partial charge is 0.411 e. The summed E-state index contributed by atoms with van der Waals surface area (Å²) in [5, 5.41) is 9.35. The standard InChI is InChI=1S/C13H19N3O4/c1-7-10-8(14-6-15-10)5-9(11(17)18)16(7)12(19)20-13(2,3)4/h6-7,9H,5H2,1-4H3,(H,14,15)(H,17,18)/t7-,9-/m1/s1. The molecule has 0 saturated heterocycles. The molecule has 0 aliphatic carbocycles. The highest BCUT2D eigenvalue weighted by molar-refractivity contribution is 5.81. The van der Waals surface area contributed by atoms with Gasteiger partial charge in [-0.15, -0.1) is 0 Å². The summed E-state index contributed by atoms with van der Waals surface area (Å²) in [5.41, 5.74) is 0.768. The minimum absolute atomic E-state index is 0.203. The lowest BCUT2D eigenvalue weighted by molar-refractivity contribution is -0.144. The third-order valence-corrected chi connectivity index (χ3v) is 3.19. The molecule has 2 heterocycles. The zero-order valence-electron chi connectivity index (χ0n) is 12.0. The predicted octanol–water partition coefficient (Wildman–Crippen LogP) is 1.72. The second-order valence-corrected chi connectivity index (χ2v) is 5.89. The number of hydrogen-bond donors (Lipinski definition) is 2. The molecule has 110 valence electrons. The summed E-state index contributed by atoms with van der Waals surface area (Å²) < 4.78 is 5.31. The number of nitrogens with zero attached hydrogens (tertiary/aromatic N) is 2. The number of aliphatic carboxylic acids is 1. The van der Waals surface area contributed by atoms with Gasteiger partial charge in [-0.05, 0) is 27.7 Å². The van der Waals surface area contributed by atoms with E-state index in [1.165, 1.54) is 11.2 Å². The SMILES string of the molecule is C[C@@H]1c2nc[nH]c2C[C@H](C(=O)O)N1C(=O)OC(C)(C)C. The van der Waals surface area contributed by atoms with Gasteiger partial charge in [-0.25, -0.2) is 14.6 Å². The molecule has 0 radical (unpaired) electrons. The molecule has 0 bridgehead atoms. The van der Waals surface area contributed by atoms with Crippen LogP contribution in [0.4, 0.5) is 4.79 Å². The number of imidazole rings is 1. The van der Waals surface area contributed by atoms with E-state index in [2.05, 4.69) is 9.97 Å². The van der Waals surface area contributed by atoms with Gasteiger partial charge in [0.15, 0.2) is 0 Å². The Kier molecular flexibility index (Phi) is 3.45. The van der Waals surface area contributed by atoms with Crippen LogP contribution in [0.25, 0.3) is 0 Å². The predicted molar refractivity (Wildman–Crippen MR) is 70.2 cm³/mol. The van der Waals surface area contributed by atoms with Gasteiger partial charge in [0.05, 0.1) is 18.1 Å². The Morgan fingerprint density at radius 3 is 2.70 bits per heavy atom. The van der Waals surface area contributed by atoms with Gasteiger partial charge in [-0.2, -0.15) is 0 Å². The van der Waals surface area contributed by atoms with Gasteiger partial charge in [0.25, 0.3) is 0 Å².